The Morgan fingerprint density at radius 2 is 1.25 bits per heavy atom. The highest BCUT2D eigenvalue weighted by atomic mass is 19.1. The minimum absolute atomic E-state index is 0.103. The average Bonchev–Trinajstić information content (AvgIpc) is 3.53. The fraction of sp³-hybridized carbons (Fsp3) is 0.806. The first-order valence-corrected chi connectivity index (χ1v) is 18.2. The molecule has 27 nitrogen and oxygen atoms in total. The van der Waals surface area contributed by atoms with Crippen LogP contribution in [0.3, 0.4) is 0 Å². The number of ether oxygens (including phenoxy) is 7. The SMILES string of the molecule is C[C@H]1[C@H](F)[C@@H](OCc2ccccc2)[C@@H](O[C@H]2[C@H](O[C@@H]3O[C@H](CO)[C@@H](O[C@H]4O[C@@H](CN=[N+]=[N-])[C@@H](O)[C@H](O)[C@H]4N=[N+]=[N-])[C@H]3O)[C@@H](O)C(N=[N+]=[N-])C[C@@H]2N=[N+]=[N-])O[C@@H]1CN=[N+]=[N-]. The van der Waals surface area contributed by atoms with Crippen LogP contribution < -0.4 is 0 Å². The summed E-state index contributed by atoms with van der Waals surface area (Å²) in [7, 11) is 0. The van der Waals surface area contributed by atoms with Crippen LogP contribution in [0.25, 0.3) is 52.2 Å². The first-order valence-electron chi connectivity index (χ1n) is 18.2. The molecule has 1 aromatic carbocycles. The van der Waals surface area contributed by atoms with E-state index in [0.717, 1.165) is 0 Å². The lowest BCUT2D eigenvalue weighted by Gasteiger charge is -2.47. The molecule has 0 spiro atoms. The molecular formula is C31H42FN15O12. The zero-order chi connectivity index (χ0) is 42.6. The topological polar surface area (TPSA) is 410 Å². The van der Waals surface area contributed by atoms with Crippen molar-refractivity contribution in [2.45, 2.75) is 130 Å². The number of hydrogen-bond acceptors (Lipinski definition) is 17. The van der Waals surface area contributed by atoms with Gasteiger partial charge in [0, 0.05) is 30.5 Å². The van der Waals surface area contributed by atoms with Crippen molar-refractivity contribution < 1.29 is 63.1 Å². The second-order valence-corrected chi connectivity index (χ2v) is 13.9. The third-order valence-electron chi connectivity index (χ3n) is 10.4. The second-order valence-electron chi connectivity index (χ2n) is 13.9. The Hall–Kier alpha value is -4.78. The van der Waals surface area contributed by atoms with Crippen molar-refractivity contribution in [3.05, 3.63) is 88.1 Å². The Kier molecular flexibility index (Phi) is 16.5. The number of benzene rings is 1. The summed E-state index contributed by atoms with van der Waals surface area (Å²) in [6.45, 7) is -0.231. The molecule has 0 amide bonds. The molecule has 1 aromatic rings. The standard InChI is InChI=1S/C31H42FN15O12/c1-12-16(8-38-43-33)54-31(27(19(12)32)53-11-13-5-3-2-4-6-13)57-25-15(41-46-36)7-14(40-45-35)21(49)28(25)59-30-24(52)26(18(10-48)56-30)58-29-20(42-47-37)23(51)22(50)17(55-29)9-39-44-34/h2-6,12,14-31,48-52H,7-11H2,1H3/t12-,14?,15+,16-,17+,18-,19+,20-,21+,22-,23-,24-,25-,26-,27-,28-,29-,30+,31-/m1/s1. The lowest BCUT2D eigenvalue weighted by Crippen LogP contribution is -2.62. The molecule has 3 aliphatic heterocycles. The van der Waals surface area contributed by atoms with Crippen LogP contribution >= 0.6 is 0 Å². The number of alkyl halides is 1. The lowest BCUT2D eigenvalue weighted by atomic mass is 9.84. The van der Waals surface area contributed by atoms with Gasteiger partial charge in [-0.2, -0.15) is 0 Å². The van der Waals surface area contributed by atoms with Crippen molar-refractivity contribution in [2.75, 3.05) is 19.7 Å². The van der Waals surface area contributed by atoms with Gasteiger partial charge >= 0.3 is 0 Å². The number of halogens is 1. The summed E-state index contributed by atoms with van der Waals surface area (Å²) in [5, 5.41) is 72.3. The summed E-state index contributed by atoms with van der Waals surface area (Å²) in [5.41, 5.74) is 46.4. The highest BCUT2D eigenvalue weighted by Gasteiger charge is 2.55. The third-order valence-corrected chi connectivity index (χ3v) is 10.4. The number of azide groups is 5. The lowest BCUT2D eigenvalue weighted by molar-refractivity contribution is -0.324. The Balaban J connectivity index is 1.45. The van der Waals surface area contributed by atoms with E-state index in [2.05, 4.69) is 50.1 Å². The zero-order valence-corrected chi connectivity index (χ0v) is 31.1. The van der Waals surface area contributed by atoms with Crippen LogP contribution in [-0.4, -0.2) is 156 Å². The Morgan fingerprint density at radius 1 is 0.661 bits per heavy atom. The van der Waals surface area contributed by atoms with Crippen LogP contribution in [0, 0.1) is 5.92 Å². The van der Waals surface area contributed by atoms with E-state index in [1.165, 1.54) is 6.92 Å². The van der Waals surface area contributed by atoms with E-state index in [4.69, 9.17) is 49.8 Å². The van der Waals surface area contributed by atoms with Gasteiger partial charge < -0.3 is 58.7 Å². The van der Waals surface area contributed by atoms with E-state index in [-0.39, 0.29) is 19.6 Å². The quantitative estimate of drug-likeness (QED) is 0.0858. The van der Waals surface area contributed by atoms with Crippen molar-refractivity contribution in [3.8, 4) is 0 Å². The molecule has 28 heteroatoms. The van der Waals surface area contributed by atoms with Crippen LogP contribution in [0.2, 0.25) is 0 Å². The van der Waals surface area contributed by atoms with Gasteiger partial charge in [-0.1, -0.05) is 62.8 Å². The monoisotopic (exact) mass is 835 g/mol. The highest BCUT2D eigenvalue weighted by molar-refractivity contribution is 5.13. The van der Waals surface area contributed by atoms with Crippen LogP contribution in [0.5, 0.6) is 0 Å². The van der Waals surface area contributed by atoms with E-state index in [1.807, 2.05) is 0 Å². The molecular weight excluding hydrogens is 793 g/mol. The zero-order valence-electron chi connectivity index (χ0n) is 31.1. The van der Waals surface area contributed by atoms with Crippen molar-refractivity contribution in [1.82, 2.24) is 0 Å². The molecule has 3 saturated heterocycles. The first kappa shape index (κ1) is 45.3. The van der Waals surface area contributed by atoms with E-state index in [0.29, 0.717) is 5.56 Å². The van der Waals surface area contributed by atoms with Gasteiger partial charge in [0.05, 0.1) is 68.9 Å². The number of rotatable bonds is 17. The van der Waals surface area contributed by atoms with Gasteiger partial charge in [0.15, 0.2) is 18.9 Å². The average molecular weight is 836 g/mol. The van der Waals surface area contributed by atoms with Gasteiger partial charge in [-0.15, -0.1) is 0 Å². The molecule has 5 N–H and O–H groups in total. The summed E-state index contributed by atoms with van der Waals surface area (Å²) < 4.78 is 58.1. The molecule has 1 aliphatic carbocycles. The van der Waals surface area contributed by atoms with Crippen LogP contribution in [0.15, 0.2) is 55.9 Å². The Bertz CT molecular complexity index is 1800. The minimum atomic E-state index is -1.90. The van der Waals surface area contributed by atoms with Crippen molar-refractivity contribution in [3.63, 3.8) is 0 Å². The van der Waals surface area contributed by atoms with Crippen LogP contribution in [0.1, 0.15) is 18.9 Å². The van der Waals surface area contributed by atoms with Gasteiger partial charge in [-0.25, -0.2) is 4.39 Å². The molecule has 5 rings (SSSR count). The molecule has 0 bridgehead atoms. The molecule has 4 aliphatic rings. The number of hydrogen-bond donors (Lipinski definition) is 5. The highest BCUT2D eigenvalue weighted by Crippen LogP contribution is 2.39. The van der Waals surface area contributed by atoms with Gasteiger partial charge in [-0.3, -0.25) is 0 Å². The molecule has 19 atom stereocenters. The molecule has 1 unspecified atom stereocenters. The molecule has 3 heterocycles. The smallest absolute Gasteiger partial charge is 0.187 e. The summed E-state index contributed by atoms with van der Waals surface area (Å²) >= 11 is 0. The van der Waals surface area contributed by atoms with Gasteiger partial charge in [0.1, 0.15) is 48.8 Å². The molecule has 320 valence electrons. The number of nitrogens with zero attached hydrogens (tertiary/aromatic N) is 15. The molecule has 4 fully saturated rings. The number of aliphatic hydroxyl groups is 5. The third kappa shape index (κ3) is 10.5. The Labute approximate surface area is 332 Å². The van der Waals surface area contributed by atoms with E-state index >= 15 is 4.39 Å². The van der Waals surface area contributed by atoms with E-state index in [9.17, 15) is 36.6 Å². The number of aliphatic hydroxyl groups excluding tert-OH is 5. The maximum Gasteiger partial charge on any atom is 0.187 e. The fourth-order valence-corrected chi connectivity index (χ4v) is 7.32. The van der Waals surface area contributed by atoms with E-state index in [1.54, 1.807) is 30.3 Å². The molecule has 0 radical (unpaired) electrons. The van der Waals surface area contributed by atoms with Crippen molar-refractivity contribution in [2.24, 2.45) is 31.5 Å². The summed E-state index contributed by atoms with van der Waals surface area (Å²) in [6, 6.07) is 4.47. The van der Waals surface area contributed by atoms with Gasteiger partial charge in [-0.05, 0) is 39.6 Å². The largest absolute Gasteiger partial charge is 0.394 e. The summed E-state index contributed by atoms with van der Waals surface area (Å²) in [5.74, 6) is -0.882. The van der Waals surface area contributed by atoms with Crippen LogP contribution in [0.4, 0.5) is 4.39 Å². The van der Waals surface area contributed by atoms with Crippen molar-refractivity contribution >= 4 is 0 Å². The maximum absolute atomic E-state index is 16.3. The predicted octanol–water partition coefficient (Wildman–Crippen LogP) is 2.37. The van der Waals surface area contributed by atoms with Crippen LogP contribution in [-0.2, 0) is 39.8 Å². The Morgan fingerprint density at radius 3 is 1.90 bits per heavy atom. The normalized spacial score (nSPS) is 40.6. The second kappa shape index (κ2) is 21.5. The predicted molar refractivity (Wildman–Crippen MR) is 192 cm³/mol. The molecule has 59 heavy (non-hydrogen) atoms. The maximum atomic E-state index is 16.3. The summed E-state index contributed by atoms with van der Waals surface area (Å²) in [4.78, 5) is 13.6. The van der Waals surface area contributed by atoms with E-state index < -0.39 is 129 Å². The molecule has 1 saturated carbocycles. The fourth-order valence-electron chi connectivity index (χ4n) is 7.32. The van der Waals surface area contributed by atoms with Gasteiger partial charge in [0.2, 0.25) is 0 Å². The van der Waals surface area contributed by atoms with Crippen molar-refractivity contribution in [1.29, 1.82) is 0 Å². The summed E-state index contributed by atoms with van der Waals surface area (Å²) in [6.07, 6.45) is -24.8. The molecule has 0 aromatic heterocycles. The van der Waals surface area contributed by atoms with Gasteiger partial charge in [0.25, 0.3) is 0 Å². The minimum Gasteiger partial charge on any atom is -0.394 e. The first-order chi connectivity index (χ1) is 28.5.